The van der Waals surface area contributed by atoms with Crippen molar-refractivity contribution in [2.24, 2.45) is 0 Å². The third kappa shape index (κ3) is 3.15. The van der Waals surface area contributed by atoms with Crippen molar-refractivity contribution in [3.63, 3.8) is 0 Å². The standard InChI is InChI=1S/C14H20O4/c1-5-18-14-8-11(10(2)6-7-15)12(16-3)9-13(14)17-4/h7-10H,5-6H2,1-4H3. The quantitative estimate of drug-likeness (QED) is 0.700. The minimum absolute atomic E-state index is 0.0857. The summed E-state index contributed by atoms with van der Waals surface area (Å²) >= 11 is 0. The largest absolute Gasteiger partial charge is 0.496 e. The van der Waals surface area contributed by atoms with Gasteiger partial charge in [0.25, 0.3) is 0 Å². The maximum atomic E-state index is 10.6. The van der Waals surface area contributed by atoms with E-state index < -0.39 is 0 Å². The molecule has 4 nitrogen and oxygen atoms in total. The van der Waals surface area contributed by atoms with E-state index in [1.54, 1.807) is 20.3 Å². The lowest BCUT2D eigenvalue weighted by Crippen LogP contribution is -2.02. The first-order valence-electron chi connectivity index (χ1n) is 6.00. The van der Waals surface area contributed by atoms with Crippen molar-refractivity contribution in [2.45, 2.75) is 26.2 Å². The number of aldehydes is 1. The Labute approximate surface area is 108 Å². The molecule has 0 bridgehead atoms. The van der Waals surface area contributed by atoms with Crippen LogP contribution in [0.3, 0.4) is 0 Å². The number of hydrogen-bond donors (Lipinski definition) is 0. The second kappa shape index (κ2) is 6.89. The first kappa shape index (κ1) is 14.4. The van der Waals surface area contributed by atoms with Crippen molar-refractivity contribution in [3.05, 3.63) is 17.7 Å². The number of methoxy groups -OCH3 is 2. The van der Waals surface area contributed by atoms with Crippen LogP contribution in [0.25, 0.3) is 0 Å². The molecule has 1 aromatic rings. The Morgan fingerprint density at radius 3 is 2.33 bits per heavy atom. The number of carbonyl (C=O) groups excluding carboxylic acids is 1. The van der Waals surface area contributed by atoms with Crippen molar-refractivity contribution >= 4 is 6.29 Å². The van der Waals surface area contributed by atoms with Gasteiger partial charge in [0.15, 0.2) is 11.5 Å². The summed E-state index contributed by atoms with van der Waals surface area (Å²) < 4.78 is 16.1. The van der Waals surface area contributed by atoms with Crippen molar-refractivity contribution in [1.29, 1.82) is 0 Å². The Balaban J connectivity index is 3.21. The molecule has 18 heavy (non-hydrogen) atoms. The Bertz CT molecular complexity index is 401. The summed E-state index contributed by atoms with van der Waals surface area (Å²) in [6, 6.07) is 3.68. The van der Waals surface area contributed by atoms with Gasteiger partial charge in [-0.05, 0) is 18.9 Å². The average Bonchev–Trinajstić information content (AvgIpc) is 2.38. The maximum Gasteiger partial charge on any atom is 0.164 e. The third-order valence-corrected chi connectivity index (χ3v) is 2.80. The lowest BCUT2D eigenvalue weighted by Gasteiger charge is -2.17. The summed E-state index contributed by atoms with van der Waals surface area (Å²) in [7, 11) is 3.19. The van der Waals surface area contributed by atoms with Gasteiger partial charge < -0.3 is 19.0 Å². The molecule has 1 aromatic carbocycles. The summed E-state index contributed by atoms with van der Waals surface area (Å²) in [6.45, 7) is 4.46. The normalized spacial score (nSPS) is 11.8. The summed E-state index contributed by atoms with van der Waals surface area (Å²) in [4.78, 5) is 10.6. The number of carbonyl (C=O) groups is 1. The van der Waals surface area contributed by atoms with Crippen LogP contribution in [0.4, 0.5) is 0 Å². The zero-order valence-electron chi connectivity index (χ0n) is 11.4. The molecule has 0 saturated carbocycles. The first-order chi connectivity index (χ1) is 8.67. The summed E-state index contributed by atoms with van der Waals surface area (Å²) in [5, 5.41) is 0. The van der Waals surface area contributed by atoms with Crippen LogP contribution in [0, 0.1) is 0 Å². The van der Waals surface area contributed by atoms with Crippen LogP contribution in [-0.4, -0.2) is 27.1 Å². The van der Waals surface area contributed by atoms with Crippen LogP contribution >= 0.6 is 0 Å². The summed E-state index contributed by atoms with van der Waals surface area (Å²) in [5.41, 5.74) is 0.953. The average molecular weight is 252 g/mol. The molecular weight excluding hydrogens is 232 g/mol. The van der Waals surface area contributed by atoms with E-state index in [1.165, 1.54) is 0 Å². The van der Waals surface area contributed by atoms with E-state index in [-0.39, 0.29) is 5.92 Å². The van der Waals surface area contributed by atoms with Gasteiger partial charge in [-0.15, -0.1) is 0 Å². The van der Waals surface area contributed by atoms with E-state index in [1.807, 2.05) is 19.9 Å². The van der Waals surface area contributed by atoms with Gasteiger partial charge in [-0.25, -0.2) is 0 Å². The zero-order valence-corrected chi connectivity index (χ0v) is 11.4. The van der Waals surface area contributed by atoms with Crippen LogP contribution in [0.15, 0.2) is 12.1 Å². The Morgan fingerprint density at radius 1 is 1.17 bits per heavy atom. The van der Waals surface area contributed by atoms with Crippen LogP contribution < -0.4 is 14.2 Å². The SMILES string of the molecule is CCOc1cc(C(C)CC=O)c(OC)cc1OC. The van der Waals surface area contributed by atoms with Crippen molar-refractivity contribution in [1.82, 2.24) is 0 Å². The first-order valence-corrected chi connectivity index (χ1v) is 6.00. The Morgan fingerprint density at radius 2 is 1.83 bits per heavy atom. The molecule has 0 aliphatic carbocycles. The topological polar surface area (TPSA) is 44.8 Å². The van der Waals surface area contributed by atoms with Crippen LogP contribution in [0.2, 0.25) is 0 Å². The number of benzene rings is 1. The molecule has 1 unspecified atom stereocenters. The predicted octanol–water partition coefficient (Wildman–Crippen LogP) is 2.80. The smallest absolute Gasteiger partial charge is 0.164 e. The molecule has 1 rings (SSSR count). The van der Waals surface area contributed by atoms with E-state index in [2.05, 4.69) is 0 Å². The zero-order chi connectivity index (χ0) is 13.5. The Hall–Kier alpha value is -1.71. The van der Waals surface area contributed by atoms with E-state index in [0.717, 1.165) is 11.8 Å². The highest BCUT2D eigenvalue weighted by atomic mass is 16.5. The molecule has 0 saturated heterocycles. The van der Waals surface area contributed by atoms with Crippen molar-refractivity contribution in [3.8, 4) is 17.2 Å². The fourth-order valence-electron chi connectivity index (χ4n) is 1.82. The van der Waals surface area contributed by atoms with E-state index in [0.29, 0.717) is 30.3 Å². The fourth-order valence-corrected chi connectivity index (χ4v) is 1.82. The van der Waals surface area contributed by atoms with Gasteiger partial charge in [-0.3, -0.25) is 0 Å². The molecule has 0 aromatic heterocycles. The van der Waals surface area contributed by atoms with Gasteiger partial charge in [-0.1, -0.05) is 6.92 Å². The summed E-state index contributed by atoms with van der Waals surface area (Å²) in [6.07, 6.45) is 1.36. The molecule has 0 aliphatic rings. The molecule has 0 radical (unpaired) electrons. The molecule has 1 atom stereocenters. The van der Waals surface area contributed by atoms with E-state index in [4.69, 9.17) is 14.2 Å². The highest BCUT2D eigenvalue weighted by Gasteiger charge is 2.16. The monoisotopic (exact) mass is 252 g/mol. The fraction of sp³-hybridized carbons (Fsp3) is 0.500. The highest BCUT2D eigenvalue weighted by Crippen LogP contribution is 2.38. The lowest BCUT2D eigenvalue weighted by atomic mass is 9.97. The van der Waals surface area contributed by atoms with Crippen LogP contribution in [0.1, 0.15) is 31.7 Å². The lowest BCUT2D eigenvalue weighted by molar-refractivity contribution is -0.108. The molecule has 100 valence electrons. The molecule has 4 heteroatoms. The predicted molar refractivity (Wildman–Crippen MR) is 69.8 cm³/mol. The van der Waals surface area contributed by atoms with Gasteiger partial charge in [0.2, 0.25) is 0 Å². The molecule has 0 fully saturated rings. The Kier molecular flexibility index (Phi) is 5.49. The highest BCUT2D eigenvalue weighted by molar-refractivity contribution is 5.56. The molecule has 0 spiro atoms. The van der Waals surface area contributed by atoms with Crippen LogP contribution in [-0.2, 0) is 4.79 Å². The third-order valence-electron chi connectivity index (χ3n) is 2.80. The minimum atomic E-state index is 0.0857. The van der Waals surface area contributed by atoms with Crippen molar-refractivity contribution < 1.29 is 19.0 Å². The molecule has 0 heterocycles. The molecule has 0 amide bonds. The molecule has 0 N–H and O–H groups in total. The second-order valence-corrected chi connectivity index (χ2v) is 3.98. The van der Waals surface area contributed by atoms with E-state index >= 15 is 0 Å². The van der Waals surface area contributed by atoms with Gasteiger partial charge in [-0.2, -0.15) is 0 Å². The number of hydrogen-bond acceptors (Lipinski definition) is 4. The maximum absolute atomic E-state index is 10.6. The second-order valence-electron chi connectivity index (χ2n) is 3.98. The van der Waals surface area contributed by atoms with Crippen LogP contribution in [0.5, 0.6) is 17.2 Å². The summed E-state index contributed by atoms with van der Waals surface area (Å²) in [5.74, 6) is 2.11. The molecule has 0 aliphatic heterocycles. The van der Waals surface area contributed by atoms with E-state index in [9.17, 15) is 4.79 Å². The van der Waals surface area contributed by atoms with Gasteiger partial charge in [0.1, 0.15) is 12.0 Å². The van der Waals surface area contributed by atoms with Crippen molar-refractivity contribution in [2.75, 3.05) is 20.8 Å². The minimum Gasteiger partial charge on any atom is -0.496 e. The van der Waals surface area contributed by atoms with Gasteiger partial charge >= 0.3 is 0 Å². The number of ether oxygens (including phenoxy) is 3. The van der Waals surface area contributed by atoms with Gasteiger partial charge in [0, 0.05) is 18.1 Å². The van der Waals surface area contributed by atoms with Gasteiger partial charge in [0.05, 0.1) is 20.8 Å². The number of rotatable bonds is 7. The molecular formula is C14H20O4.